The van der Waals surface area contributed by atoms with E-state index in [1.807, 2.05) is 0 Å². The van der Waals surface area contributed by atoms with Crippen LogP contribution < -0.4 is 19.9 Å². The first-order chi connectivity index (χ1) is 14.5. The number of sulfonamides is 1. The lowest BCUT2D eigenvalue weighted by Gasteiger charge is -2.11. The molecule has 0 saturated heterocycles. The van der Waals surface area contributed by atoms with Crippen LogP contribution >= 0.6 is 0 Å². The second-order valence-electron chi connectivity index (χ2n) is 6.63. The zero-order valence-corrected chi connectivity index (χ0v) is 18.0. The Balaban J connectivity index is 1.73. The molecule has 3 rings (SSSR count). The van der Waals surface area contributed by atoms with Gasteiger partial charge in [0.1, 0.15) is 0 Å². The summed E-state index contributed by atoms with van der Waals surface area (Å²) < 4.78 is 52.1. The van der Waals surface area contributed by atoms with E-state index in [2.05, 4.69) is 14.8 Å². The molecule has 0 aromatic heterocycles. The third-order valence-electron chi connectivity index (χ3n) is 4.20. The summed E-state index contributed by atoms with van der Waals surface area (Å²) in [5.41, 5.74) is 1.98. The molecule has 0 fully saturated rings. The number of para-hydroxylation sites is 1. The Bertz CT molecular complexity index is 1320. The van der Waals surface area contributed by atoms with Crippen molar-refractivity contribution in [3.8, 4) is 0 Å². The minimum absolute atomic E-state index is 0.00616. The van der Waals surface area contributed by atoms with Gasteiger partial charge in [0, 0.05) is 11.3 Å². The highest BCUT2D eigenvalue weighted by Crippen LogP contribution is 2.21. The van der Waals surface area contributed by atoms with Crippen LogP contribution in [0.2, 0.25) is 0 Å². The van der Waals surface area contributed by atoms with Gasteiger partial charge in [0.05, 0.1) is 16.3 Å². The van der Waals surface area contributed by atoms with E-state index in [4.69, 9.17) is 5.14 Å². The maximum absolute atomic E-state index is 12.6. The van der Waals surface area contributed by atoms with E-state index in [1.165, 1.54) is 42.5 Å². The fourth-order valence-corrected chi connectivity index (χ4v) is 4.29. The third-order valence-corrected chi connectivity index (χ3v) is 6.10. The predicted molar refractivity (Wildman–Crippen MR) is 120 cm³/mol. The van der Waals surface area contributed by atoms with E-state index in [9.17, 15) is 21.6 Å². The maximum atomic E-state index is 12.6. The standard InChI is InChI=1S/C20H20N4O5S2/c1-14-5-2-3-8-19(14)24-30(26,27)18-11-9-15(10-12-18)20(25)22-16-6-4-7-17(13-16)23-31(21,28)29/h2-13,23-24H,1H3,(H,22,25)(H2,21,28,29). The third kappa shape index (κ3) is 6.04. The molecule has 0 heterocycles. The van der Waals surface area contributed by atoms with E-state index < -0.39 is 26.1 Å². The van der Waals surface area contributed by atoms with Gasteiger partial charge in [0.25, 0.3) is 26.1 Å². The number of amides is 1. The van der Waals surface area contributed by atoms with Gasteiger partial charge in [-0.15, -0.1) is 0 Å². The first-order valence-electron chi connectivity index (χ1n) is 8.94. The van der Waals surface area contributed by atoms with E-state index in [-0.39, 0.29) is 16.1 Å². The quantitative estimate of drug-likeness (QED) is 0.428. The number of carbonyl (C=O) groups is 1. The molecule has 0 atom stereocenters. The van der Waals surface area contributed by atoms with Gasteiger partial charge in [-0.2, -0.15) is 8.42 Å². The smallest absolute Gasteiger partial charge is 0.296 e. The second kappa shape index (κ2) is 8.76. The summed E-state index contributed by atoms with van der Waals surface area (Å²) in [5, 5.41) is 7.55. The Labute approximate surface area is 180 Å². The molecule has 162 valence electrons. The van der Waals surface area contributed by atoms with Crippen LogP contribution in [0.3, 0.4) is 0 Å². The normalized spacial score (nSPS) is 11.5. The molecule has 0 radical (unpaired) electrons. The molecule has 31 heavy (non-hydrogen) atoms. The van der Waals surface area contributed by atoms with Crippen LogP contribution in [-0.4, -0.2) is 22.7 Å². The van der Waals surface area contributed by atoms with Gasteiger partial charge in [-0.3, -0.25) is 14.2 Å². The molecule has 5 N–H and O–H groups in total. The van der Waals surface area contributed by atoms with Crippen molar-refractivity contribution in [3.05, 3.63) is 83.9 Å². The predicted octanol–water partition coefficient (Wildman–Crippen LogP) is 2.66. The molecule has 0 saturated carbocycles. The fraction of sp³-hybridized carbons (Fsp3) is 0.0500. The Morgan fingerprint density at radius 2 is 1.45 bits per heavy atom. The second-order valence-corrected chi connectivity index (χ2v) is 9.60. The van der Waals surface area contributed by atoms with Crippen molar-refractivity contribution in [2.24, 2.45) is 5.14 Å². The highest BCUT2D eigenvalue weighted by Gasteiger charge is 2.16. The zero-order chi connectivity index (χ0) is 22.6. The lowest BCUT2D eigenvalue weighted by molar-refractivity contribution is 0.102. The number of nitrogens with one attached hydrogen (secondary N) is 3. The maximum Gasteiger partial charge on any atom is 0.296 e. The number of benzene rings is 3. The minimum Gasteiger partial charge on any atom is -0.322 e. The molecule has 0 bridgehead atoms. The molecule has 0 unspecified atom stereocenters. The molecule has 3 aromatic rings. The van der Waals surface area contributed by atoms with Gasteiger partial charge in [-0.1, -0.05) is 24.3 Å². The van der Waals surface area contributed by atoms with Gasteiger partial charge in [-0.25, -0.2) is 13.6 Å². The summed E-state index contributed by atoms with van der Waals surface area (Å²) in [6.07, 6.45) is 0. The average Bonchev–Trinajstić information content (AvgIpc) is 2.69. The van der Waals surface area contributed by atoms with Gasteiger partial charge >= 0.3 is 0 Å². The molecular formula is C20H20N4O5S2. The SMILES string of the molecule is Cc1ccccc1NS(=O)(=O)c1ccc(C(=O)Nc2cccc(NS(N)(=O)=O)c2)cc1. The minimum atomic E-state index is -3.94. The molecule has 0 aliphatic rings. The van der Waals surface area contributed by atoms with Gasteiger partial charge < -0.3 is 5.32 Å². The van der Waals surface area contributed by atoms with Crippen molar-refractivity contribution in [2.75, 3.05) is 14.8 Å². The number of hydrogen-bond acceptors (Lipinski definition) is 5. The van der Waals surface area contributed by atoms with Crippen molar-refractivity contribution in [1.82, 2.24) is 0 Å². The summed E-state index contributed by atoms with van der Waals surface area (Å²) in [5.74, 6) is -0.497. The first kappa shape index (κ1) is 22.3. The van der Waals surface area contributed by atoms with Gasteiger partial charge in [0.15, 0.2) is 0 Å². The average molecular weight is 461 g/mol. The van der Waals surface area contributed by atoms with Crippen LogP contribution in [0, 0.1) is 6.92 Å². The molecule has 0 spiro atoms. The lowest BCUT2D eigenvalue weighted by atomic mass is 10.2. The van der Waals surface area contributed by atoms with Gasteiger partial charge in [-0.05, 0) is 61.0 Å². The van der Waals surface area contributed by atoms with Gasteiger partial charge in [0.2, 0.25) is 0 Å². The summed E-state index contributed by atoms with van der Waals surface area (Å²) in [4.78, 5) is 12.5. The molecule has 0 aliphatic carbocycles. The first-order valence-corrected chi connectivity index (χ1v) is 12.0. The van der Waals surface area contributed by atoms with Crippen molar-refractivity contribution < 1.29 is 21.6 Å². The van der Waals surface area contributed by atoms with Crippen molar-refractivity contribution >= 4 is 43.2 Å². The van der Waals surface area contributed by atoms with Crippen LogP contribution in [0.1, 0.15) is 15.9 Å². The Kier molecular flexibility index (Phi) is 6.29. The van der Waals surface area contributed by atoms with Crippen LogP contribution in [0.25, 0.3) is 0 Å². The Morgan fingerprint density at radius 1 is 0.806 bits per heavy atom. The number of rotatable bonds is 7. The Hall–Kier alpha value is -3.41. The fourth-order valence-electron chi connectivity index (χ4n) is 2.70. The van der Waals surface area contributed by atoms with E-state index in [1.54, 1.807) is 37.3 Å². The Morgan fingerprint density at radius 3 is 2.10 bits per heavy atom. The molecule has 11 heteroatoms. The summed E-state index contributed by atoms with van der Waals surface area (Å²) >= 11 is 0. The molecule has 3 aromatic carbocycles. The molecular weight excluding hydrogens is 440 g/mol. The highest BCUT2D eigenvalue weighted by atomic mass is 32.2. The van der Waals surface area contributed by atoms with Crippen LogP contribution in [0.4, 0.5) is 17.1 Å². The van der Waals surface area contributed by atoms with Crippen LogP contribution in [0.15, 0.2) is 77.7 Å². The van der Waals surface area contributed by atoms with Crippen LogP contribution in [0.5, 0.6) is 0 Å². The summed E-state index contributed by atoms with van der Waals surface area (Å²) in [7, 11) is -7.76. The number of nitrogens with two attached hydrogens (primary N) is 1. The van der Waals surface area contributed by atoms with Crippen molar-refractivity contribution in [1.29, 1.82) is 0 Å². The lowest BCUT2D eigenvalue weighted by Crippen LogP contribution is -2.21. The molecule has 0 aliphatic heterocycles. The largest absolute Gasteiger partial charge is 0.322 e. The number of aryl methyl sites for hydroxylation is 1. The van der Waals surface area contributed by atoms with E-state index in [0.717, 1.165) is 5.56 Å². The number of anilines is 3. The topological polar surface area (TPSA) is 147 Å². The summed E-state index contributed by atoms with van der Waals surface area (Å²) in [6, 6.07) is 18.4. The van der Waals surface area contributed by atoms with Crippen molar-refractivity contribution in [2.45, 2.75) is 11.8 Å². The highest BCUT2D eigenvalue weighted by molar-refractivity contribution is 7.92. The molecule has 1 amide bonds. The van der Waals surface area contributed by atoms with E-state index >= 15 is 0 Å². The zero-order valence-electron chi connectivity index (χ0n) is 16.4. The summed E-state index contributed by atoms with van der Waals surface area (Å²) in [6.45, 7) is 1.79. The van der Waals surface area contributed by atoms with E-state index in [0.29, 0.717) is 11.4 Å². The monoisotopic (exact) mass is 460 g/mol. The number of carbonyl (C=O) groups excluding carboxylic acids is 1. The van der Waals surface area contributed by atoms with Crippen LogP contribution in [-0.2, 0) is 20.2 Å². The number of hydrogen-bond donors (Lipinski definition) is 4. The van der Waals surface area contributed by atoms with Crippen molar-refractivity contribution in [3.63, 3.8) is 0 Å². The molecule has 9 nitrogen and oxygen atoms in total.